The van der Waals surface area contributed by atoms with Crippen LogP contribution in [0.5, 0.6) is 0 Å². The molecule has 0 spiro atoms. The summed E-state index contributed by atoms with van der Waals surface area (Å²) in [5.41, 5.74) is 5.90. The number of carbonyl (C=O) groups excluding carboxylic acids is 2. The molecule has 3 aromatic rings. The third kappa shape index (κ3) is 7.30. The summed E-state index contributed by atoms with van der Waals surface area (Å²) in [5, 5.41) is 17.8. The van der Waals surface area contributed by atoms with Crippen LogP contribution in [-0.4, -0.2) is 72.3 Å². The van der Waals surface area contributed by atoms with Crippen LogP contribution >= 0.6 is 11.3 Å². The molecule has 1 saturated heterocycles. The lowest BCUT2D eigenvalue weighted by atomic mass is 10.1. The molecule has 2 heterocycles. The highest BCUT2D eigenvalue weighted by Gasteiger charge is 2.20. The molecule has 1 aromatic heterocycles. The van der Waals surface area contributed by atoms with Crippen LogP contribution in [0, 0.1) is 12.7 Å². The molecule has 2 aromatic carbocycles. The van der Waals surface area contributed by atoms with Crippen LogP contribution in [0.25, 0.3) is 0 Å². The number of piperazine rings is 1. The maximum atomic E-state index is 13.1. The molecule has 3 N–H and O–H groups in total. The summed E-state index contributed by atoms with van der Waals surface area (Å²) in [4.78, 5) is 30.7. The van der Waals surface area contributed by atoms with Crippen molar-refractivity contribution in [1.29, 1.82) is 0 Å². The Morgan fingerprint density at radius 1 is 1.08 bits per heavy atom. The van der Waals surface area contributed by atoms with Crippen LogP contribution in [0.1, 0.15) is 36.7 Å². The standard InChI is InChI=1S/C27H30FN5O3S/c1-19-18-37-25(27(36)31-29-16-20-5-7-23(28)8-6-20)24(19)30-26(35)22-4-2-3-21(15-22)17-33-11-9-32(10-12-33)13-14-34/h2-8,15-16,18,34H,9-14,17H2,1H3,(H,30,35)(H,31,36)/b29-16+. The Bertz CT molecular complexity index is 1250. The second kappa shape index (κ2) is 12.7. The van der Waals surface area contributed by atoms with Gasteiger partial charge in [0.15, 0.2) is 0 Å². The Morgan fingerprint density at radius 2 is 1.81 bits per heavy atom. The molecule has 37 heavy (non-hydrogen) atoms. The topological polar surface area (TPSA) is 97.3 Å². The van der Waals surface area contributed by atoms with E-state index >= 15 is 0 Å². The average molecular weight is 524 g/mol. The largest absolute Gasteiger partial charge is 0.395 e. The molecule has 0 atom stereocenters. The van der Waals surface area contributed by atoms with Gasteiger partial charge in [-0.05, 0) is 53.3 Å². The van der Waals surface area contributed by atoms with Gasteiger partial charge in [-0.2, -0.15) is 5.10 Å². The predicted octanol–water partition coefficient (Wildman–Crippen LogP) is 3.32. The van der Waals surface area contributed by atoms with Crippen LogP contribution in [0.4, 0.5) is 10.1 Å². The number of benzene rings is 2. The Balaban J connectivity index is 1.37. The van der Waals surface area contributed by atoms with E-state index < -0.39 is 5.91 Å². The second-order valence-electron chi connectivity index (χ2n) is 8.87. The first-order chi connectivity index (χ1) is 17.9. The van der Waals surface area contributed by atoms with Gasteiger partial charge in [-0.25, -0.2) is 9.82 Å². The molecule has 194 valence electrons. The number of aliphatic hydroxyl groups excluding tert-OH is 1. The van der Waals surface area contributed by atoms with E-state index in [1.807, 2.05) is 25.1 Å². The number of rotatable bonds is 9. The highest BCUT2D eigenvalue weighted by molar-refractivity contribution is 7.13. The fourth-order valence-electron chi connectivity index (χ4n) is 4.10. The second-order valence-corrected chi connectivity index (χ2v) is 9.75. The van der Waals surface area contributed by atoms with Crippen LogP contribution in [0.2, 0.25) is 0 Å². The van der Waals surface area contributed by atoms with Gasteiger partial charge in [-0.3, -0.25) is 19.4 Å². The first-order valence-electron chi connectivity index (χ1n) is 12.1. The Morgan fingerprint density at radius 3 is 2.54 bits per heavy atom. The summed E-state index contributed by atoms with van der Waals surface area (Å²) >= 11 is 1.22. The minimum atomic E-state index is -0.444. The van der Waals surface area contributed by atoms with Gasteiger partial charge in [0.2, 0.25) is 0 Å². The highest BCUT2D eigenvalue weighted by atomic mass is 32.1. The van der Waals surface area contributed by atoms with Crippen LogP contribution < -0.4 is 10.7 Å². The van der Waals surface area contributed by atoms with Gasteiger partial charge in [0.05, 0.1) is 18.5 Å². The Labute approximate surface area is 219 Å². The fraction of sp³-hybridized carbons (Fsp3) is 0.296. The van der Waals surface area contributed by atoms with Gasteiger partial charge in [0.1, 0.15) is 10.7 Å². The van der Waals surface area contributed by atoms with E-state index in [2.05, 4.69) is 25.6 Å². The smallest absolute Gasteiger partial charge is 0.283 e. The van der Waals surface area contributed by atoms with Crippen LogP contribution in [-0.2, 0) is 6.54 Å². The third-order valence-corrected chi connectivity index (χ3v) is 7.24. The van der Waals surface area contributed by atoms with Gasteiger partial charge in [-0.15, -0.1) is 11.3 Å². The van der Waals surface area contributed by atoms with E-state index in [9.17, 15) is 14.0 Å². The fourth-order valence-corrected chi connectivity index (χ4v) is 4.99. The number of aliphatic hydroxyl groups is 1. The third-order valence-electron chi connectivity index (χ3n) is 6.15. The summed E-state index contributed by atoms with van der Waals surface area (Å²) in [5.74, 6) is -1.08. The lowest BCUT2D eigenvalue weighted by Crippen LogP contribution is -2.46. The Kier molecular flexibility index (Phi) is 9.13. The molecule has 8 nitrogen and oxygen atoms in total. The molecule has 0 saturated carbocycles. The summed E-state index contributed by atoms with van der Waals surface area (Å²) < 4.78 is 13.0. The van der Waals surface area contributed by atoms with Crippen LogP contribution in [0.3, 0.4) is 0 Å². The summed E-state index contributed by atoms with van der Waals surface area (Å²) in [6.07, 6.45) is 1.42. The SMILES string of the molecule is Cc1csc(C(=O)N/N=C/c2ccc(F)cc2)c1NC(=O)c1cccc(CN2CCN(CCO)CC2)c1. The van der Waals surface area contributed by atoms with Crippen molar-refractivity contribution in [1.82, 2.24) is 15.2 Å². The minimum Gasteiger partial charge on any atom is -0.395 e. The molecule has 10 heteroatoms. The van der Waals surface area contributed by atoms with Crippen molar-refractivity contribution in [3.05, 3.63) is 86.9 Å². The molecule has 1 aliphatic heterocycles. The van der Waals surface area contributed by atoms with Crippen molar-refractivity contribution in [2.45, 2.75) is 13.5 Å². The maximum absolute atomic E-state index is 13.1. The Hall–Kier alpha value is -3.44. The number of hydrogen-bond acceptors (Lipinski definition) is 7. The number of carbonyl (C=O) groups is 2. The molecular formula is C27H30FN5O3S. The lowest BCUT2D eigenvalue weighted by molar-refractivity contribution is 0.0960. The van der Waals surface area contributed by atoms with E-state index in [4.69, 9.17) is 5.11 Å². The lowest BCUT2D eigenvalue weighted by Gasteiger charge is -2.34. The number of nitrogens with zero attached hydrogens (tertiary/aromatic N) is 3. The molecule has 4 rings (SSSR count). The van der Waals surface area contributed by atoms with Crippen molar-refractivity contribution < 1.29 is 19.1 Å². The number of hydrazone groups is 1. The molecule has 0 radical (unpaired) electrons. The van der Waals surface area contributed by atoms with Crippen molar-refractivity contribution in [3.8, 4) is 0 Å². The van der Waals surface area contributed by atoms with Crippen molar-refractivity contribution in [3.63, 3.8) is 0 Å². The number of amides is 2. The number of nitrogens with one attached hydrogen (secondary N) is 2. The predicted molar refractivity (Wildman–Crippen MR) is 144 cm³/mol. The molecule has 0 unspecified atom stereocenters. The number of aryl methyl sites for hydroxylation is 1. The summed E-state index contributed by atoms with van der Waals surface area (Å²) in [7, 11) is 0. The molecule has 2 amide bonds. The number of halogens is 1. The van der Waals surface area contributed by atoms with Crippen molar-refractivity contribution >= 4 is 35.1 Å². The van der Waals surface area contributed by atoms with E-state index in [1.165, 1.54) is 29.7 Å². The zero-order chi connectivity index (χ0) is 26.2. The van der Waals surface area contributed by atoms with Gasteiger partial charge in [0, 0.05) is 44.8 Å². The quantitative estimate of drug-likeness (QED) is 0.295. The van der Waals surface area contributed by atoms with Gasteiger partial charge in [0.25, 0.3) is 11.8 Å². The van der Waals surface area contributed by atoms with E-state index in [1.54, 1.807) is 23.6 Å². The molecule has 0 bridgehead atoms. The zero-order valence-electron chi connectivity index (χ0n) is 20.6. The van der Waals surface area contributed by atoms with E-state index in [0.717, 1.165) is 43.9 Å². The highest BCUT2D eigenvalue weighted by Crippen LogP contribution is 2.28. The molecule has 1 aliphatic rings. The van der Waals surface area contributed by atoms with Crippen LogP contribution in [0.15, 0.2) is 59.0 Å². The zero-order valence-corrected chi connectivity index (χ0v) is 21.4. The van der Waals surface area contributed by atoms with Crippen molar-refractivity contribution in [2.24, 2.45) is 5.10 Å². The number of hydrogen-bond donors (Lipinski definition) is 3. The van der Waals surface area contributed by atoms with Crippen molar-refractivity contribution in [2.75, 3.05) is 44.6 Å². The molecule has 1 fully saturated rings. The molecule has 0 aliphatic carbocycles. The minimum absolute atomic E-state index is 0.174. The maximum Gasteiger partial charge on any atom is 0.283 e. The number of thiophene rings is 1. The molecular weight excluding hydrogens is 493 g/mol. The first kappa shape index (κ1) is 26.6. The monoisotopic (exact) mass is 523 g/mol. The van der Waals surface area contributed by atoms with Gasteiger partial charge in [-0.1, -0.05) is 24.3 Å². The van der Waals surface area contributed by atoms with Gasteiger partial charge >= 0.3 is 0 Å². The average Bonchev–Trinajstić information content (AvgIpc) is 3.26. The normalized spacial score (nSPS) is 14.7. The van der Waals surface area contributed by atoms with Gasteiger partial charge < -0.3 is 10.4 Å². The summed E-state index contributed by atoms with van der Waals surface area (Å²) in [6, 6.07) is 13.2. The van der Waals surface area contributed by atoms with E-state index in [-0.39, 0.29) is 18.3 Å². The number of anilines is 1. The first-order valence-corrected chi connectivity index (χ1v) is 12.9. The van der Waals surface area contributed by atoms with E-state index in [0.29, 0.717) is 28.2 Å². The summed E-state index contributed by atoms with van der Waals surface area (Å²) in [6.45, 7) is 7.09. The number of β-amino-alcohol motifs (C(OH)–C–C–N with tert-alkyl or cyclic N) is 1.